The lowest BCUT2D eigenvalue weighted by Crippen LogP contribution is -2.12. The van der Waals surface area contributed by atoms with Crippen LogP contribution in [0.4, 0.5) is 21.5 Å². The quantitative estimate of drug-likeness (QED) is 0.369. The first-order chi connectivity index (χ1) is 10.1. The van der Waals surface area contributed by atoms with E-state index in [9.17, 15) is 14.5 Å². The third-order valence-corrected chi connectivity index (χ3v) is 2.70. The Balaban J connectivity index is 1.90. The number of hydrogen-bond acceptors (Lipinski definition) is 5. The highest BCUT2D eigenvalue weighted by atomic mass is 19.1. The molecule has 7 heteroatoms. The van der Waals surface area contributed by atoms with Crippen molar-refractivity contribution >= 4 is 17.1 Å². The van der Waals surface area contributed by atoms with Gasteiger partial charge in [0.25, 0.3) is 5.69 Å². The molecule has 6 nitrogen and oxygen atoms in total. The van der Waals surface area contributed by atoms with Crippen LogP contribution in [0, 0.1) is 15.9 Å². The van der Waals surface area contributed by atoms with Gasteiger partial charge in [0.05, 0.1) is 11.0 Å². The molecule has 0 spiro atoms. The monoisotopic (exact) mass is 291 g/mol. The van der Waals surface area contributed by atoms with Crippen LogP contribution in [0.5, 0.6) is 5.75 Å². The topological polar surface area (TPSA) is 90.4 Å². The number of nitro groups is 1. The molecule has 0 aliphatic heterocycles. The molecule has 0 heterocycles. The average Bonchev–Trinajstić information content (AvgIpc) is 2.44. The fourth-order valence-corrected chi connectivity index (χ4v) is 1.76. The first-order valence-corrected chi connectivity index (χ1v) is 6.22. The maximum atomic E-state index is 13.0. The molecule has 110 valence electrons. The van der Waals surface area contributed by atoms with Crippen molar-refractivity contribution in [2.75, 3.05) is 24.2 Å². The molecular formula is C14H14FN3O3. The maximum Gasteiger partial charge on any atom is 0.295 e. The zero-order valence-corrected chi connectivity index (χ0v) is 11.1. The van der Waals surface area contributed by atoms with Crippen LogP contribution in [0.2, 0.25) is 0 Å². The van der Waals surface area contributed by atoms with Crippen molar-refractivity contribution < 1.29 is 14.1 Å². The number of nitrogens with zero attached hydrogens (tertiary/aromatic N) is 1. The van der Waals surface area contributed by atoms with Gasteiger partial charge in [-0.1, -0.05) is 6.07 Å². The van der Waals surface area contributed by atoms with E-state index in [2.05, 4.69) is 5.32 Å². The largest absolute Gasteiger partial charge is 0.492 e. The first-order valence-electron chi connectivity index (χ1n) is 6.22. The molecule has 0 saturated carbocycles. The van der Waals surface area contributed by atoms with E-state index in [-0.39, 0.29) is 18.0 Å². The highest BCUT2D eigenvalue weighted by Gasteiger charge is 2.14. The van der Waals surface area contributed by atoms with Crippen molar-refractivity contribution in [3.63, 3.8) is 0 Å². The number of ether oxygens (including phenoxy) is 1. The average molecular weight is 291 g/mol. The predicted octanol–water partition coefficient (Wildman–Crippen LogP) is 2.81. The predicted molar refractivity (Wildman–Crippen MR) is 77.9 cm³/mol. The maximum absolute atomic E-state index is 13.0. The van der Waals surface area contributed by atoms with Crippen molar-refractivity contribution in [3.05, 3.63) is 58.4 Å². The van der Waals surface area contributed by atoms with Crippen LogP contribution < -0.4 is 15.8 Å². The minimum atomic E-state index is -0.650. The van der Waals surface area contributed by atoms with E-state index in [0.29, 0.717) is 18.0 Å². The summed E-state index contributed by atoms with van der Waals surface area (Å²) in [4.78, 5) is 10.2. The van der Waals surface area contributed by atoms with Gasteiger partial charge in [-0.2, -0.15) is 0 Å². The molecule has 2 rings (SSSR count). The van der Waals surface area contributed by atoms with Crippen molar-refractivity contribution in [1.82, 2.24) is 0 Å². The number of nitrogens with two attached hydrogens (primary N) is 1. The van der Waals surface area contributed by atoms with Gasteiger partial charge in [0.2, 0.25) is 0 Å². The van der Waals surface area contributed by atoms with Crippen LogP contribution in [-0.4, -0.2) is 18.1 Å². The lowest BCUT2D eigenvalue weighted by Gasteiger charge is -2.09. The Hall–Kier alpha value is -2.83. The molecule has 0 aromatic heterocycles. The summed E-state index contributed by atoms with van der Waals surface area (Å²) in [6.45, 7) is 0.624. The van der Waals surface area contributed by atoms with E-state index in [4.69, 9.17) is 10.5 Å². The molecule has 0 fully saturated rings. The Morgan fingerprint density at radius 1 is 1.29 bits per heavy atom. The summed E-state index contributed by atoms with van der Waals surface area (Å²) in [7, 11) is 0. The highest BCUT2D eigenvalue weighted by Crippen LogP contribution is 2.24. The summed E-state index contributed by atoms with van der Waals surface area (Å²) >= 11 is 0. The minimum Gasteiger partial charge on any atom is -0.492 e. The summed E-state index contributed by atoms with van der Waals surface area (Å²) in [6, 6.07) is 10.3. The fourth-order valence-electron chi connectivity index (χ4n) is 1.76. The summed E-state index contributed by atoms with van der Waals surface area (Å²) in [5, 5.41) is 13.7. The van der Waals surface area contributed by atoms with Gasteiger partial charge in [-0.05, 0) is 24.3 Å². The Morgan fingerprint density at radius 3 is 2.81 bits per heavy atom. The molecule has 2 aromatic rings. The summed E-state index contributed by atoms with van der Waals surface area (Å²) in [6.07, 6.45) is 0. The lowest BCUT2D eigenvalue weighted by molar-refractivity contribution is -0.384. The van der Waals surface area contributed by atoms with E-state index >= 15 is 0 Å². The molecule has 0 aliphatic carbocycles. The number of rotatable bonds is 6. The van der Waals surface area contributed by atoms with Gasteiger partial charge in [0.15, 0.2) is 0 Å². The van der Waals surface area contributed by atoms with Crippen molar-refractivity contribution in [2.45, 2.75) is 0 Å². The van der Waals surface area contributed by atoms with Gasteiger partial charge in [0.1, 0.15) is 23.9 Å². The molecule has 3 N–H and O–H groups in total. The van der Waals surface area contributed by atoms with E-state index in [1.54, 1.807) is 24.3 Å². The molecule has 0 bridgehead atoms. The third kappa shape index (κ3) is 4.07. The number of nitro benzene ring substituents is 1. The van der Waals surface area contributed by atoms with Gasteiger partial charge >= 0.3 is 0 Å². The van der Waals surface area contributed by atoms with Crippen LogP contribution in [0.15, 0.2) is 42.5 Å². The molecule has 0 saturated heterocycles. The van der Waals surface area contributed by atoms with E-state index in [1.807, 2.05) is 0 Å². The number of anilines is 2. The molecule has 21 heavy (non-hydrogen) atoms. The van der Waals surface area contributed by atoms with E-state index in [1.165, 1.54) is 6.07 Å². The number of halogens is 1. The lowest BCUT2D eigenvalue weighted by atomic mass is 10.2. The third-order valence-electron chi connectivity index (χ3n) is 2.70. The summed E-state index contributed by atoms with van der Waals surface area (Å²) in [5.74, 6) is -0.0336. The van der Waals surface area contributed by atoms with Crippen molar-refractivity contribution in [2.24, 2.45) is 0 Å². The van der Waals surface area contributed by atoms with Crippen molar-refractivity contribution in [3.8, 4) is 5.75 Å². The molecule has 0 amide bonds. The van der Waals surface area contributed by atoms with Gasteiger partial charge < -0.3 is 15.8 Å². The molecular weight excluding hydrogens is 277 g/mol. The SMILES string of the molecule is Nc1cccc(OCCNc2ccc(F)cc2[N+](=O)[O-])c1. The standard InChI is InChI=1S/C14H14FN3O3/c15-10-4-5-13(14(8-10)18(19)20)17-6-7-21-12-3-1-2-11(16)9-12/h1-5,8-9,17H,6-7,16H2. The summed E-state index contributed by atoms with van der Waals surface area (Å²) in [5.41, 5.74) is 6.15. The second-order valence-corrected chi connectivity index (χ2v) is 4.27. The van der Waals surface area contributed by atoms with Gasteiger partial charge in [-0.15, -0.1) is 0 Å². The van der Waals surface area contributed by atoms with Crippen molar-refractivity contribution in [1.29, 1.82) is 0 Å². The van der Waals surface area contributed by atoms with Crippen LogP contribution in [0.1, 0.15) is 0 Å². The smallest absolute Gasteiger partial charge is 0.295 e. The zero-order chi connectivity index (χ0) is 15.2. The van der Waals surface area contributed by atoms with Gasteiger partial charge in [-0.3, -0.25) is 10.1 Å². The minimum absolute atomic E-state index is 0.248. The number of nitrogen functional groups attached to an aromatic ring is 1. The van der Waals surface area contributed by atoms with Crippen LogP contribution in [0.3, 0.4) is 0 Å². The molecule has 2 aromatic carbocycles. The van der Waals surface area contributed by atoms with Gasteiger partial charge in [-0.25, -0.2) is 4.39 Å². The van der Waals surface area contributed by atoms with Crippen LogP contribution in [0.25, 0.3) is 0 Å². The Kier molecular flexibility index (Phi) is 4.55. The molecule has 0 unspecified atom stereocenters. The van der Waals surface area contributed by atoms with Crippen LogP contribution >= 0.6 is 0 Å². The fraction of sp³-hybridized carbons (Fsp3) is 0.143. The molecule has 0 atom stereocenters. The Morgan fingerprint density at radius 2 is 2.10 bits per heavy atom. The Labute approximate surface area is 120 Å². The number of hydrogen-bond donors (Lipinski definition) is 2. The normalized spacial score (nSPS) is 10.1. The first kappa shape index (κ1) is 14.6. The second kappa shape index (κ2) is 6.56. The number of nitrogens with one attached hydrogen (secondary N) is 1. The van der Waals surface area contributed by atoms with E-state index in [0.717, 1.165) is 12.1 Å². The van der Waals surface area contributed by atoms with E-state index < -0.39 is 10.7 Å². The van der Waals surface area contributed by atoms with Crippen LogP contribution in [-0.2, 0) is 0 Å². The summed E-state index contributed by atoms with van der Waals surface area (Å²) < 4.78 is 18.4. The zero-order valence-electron chi connectivity index (χ0n) is 11.1. The second-order valence-electron chi connectivity index (χ2n) is 4.27. The van der Waals surface area contributed by atoms with Gasteiger partial charge in [0, 0.05) is 18.3 Å². The molecule has 0 aliphatic rings. The number of benzene rings is 2. The Bertz CT molecular complexity index is 649. The molecule has 0 radical (unpaired) electrons. The highest BCUT2D eigenvalue weighted by molar-refractivity contribution is 5.61.